The average molecular weight is 288 g/mol. The first kappa shape index (κ1) is 16.1. The van der Waals surface area contributed by atoms with Crippen molar-refractivity contribution in [3.8, 4) is 0 Å². The molecule has 0 aliphatic heterocycles. The first-order chi connectivity index (χ1) is 8.64. The minimum atomic E-state index is -3.56. The molecule has 1 aromatic heterocycles. The molecular formula is C12H24N4O2S. The fourth-order valence-electron chi connectivity index (χ4n) is 1.80. The maximum absolute atomic E-state index is 12.0. The number of hydrogen-bond donors (Lipinski definition) is 2. The Morgan fingerprint density at radius 2 is 2.11 bits per heavy atom. The van der Waals surface area contributed by atoms with Gasteiger partial charge in [0.25, 0.3) is 10.0 Å². The topological polar surface area (TPSA) is 90.0 Å². The van der Waals surface area contributed by atoms with E-state index in [0.717, 1.165) is 6.42 Å². The van der Waals surface area contributed by atoms with E-state index in [0.29, 0.717) is 6.54 Å². The Kier molecular flexibility index (Phi) is 5.11. The molecule has 0 bridgehead atoms. The van der Waals surface area contributed by atoms with Crippen molar-refractivity contribution in [2.45, 2.75) is 51.7 Å². The van der Waals surface area contributed by atoms with Crippen LogP contribution < -0.4 is 10.5 Å². The number of hydrogen-bond acceptors (Lipinski definition) is 4. The van der Waals surface area contributed by atoms with Crippen LogP contribution in [0.5, 0.6) is 0 Å². The van der Waals surface area contributed by atoms with Crippen molar-refractivity contribution < 1.29 is 8.42 Å². The van der Waals surface area contributed by atoms with Gasteiger partial charge in [-0.25, -0.2) is 18.1 Å². The summed E-state index contributed by atoms with van der Waals surface area (Å²) in [5, 5.41) is 0.0392. The van der Waals surface area contributed by atoms with E-state index >= 15 is 0 Å². The predicted octanol–water partition coefficient (Wildman–Crippen LogP) is 0.945. The van der Waals surface area contributed by atoms with Gasteiger partial charge in [0.2, 0.25) is 0 Å². The van der Waals surface area contributed by atoms with Gasteiger partial charge in [-0.3, -0.25) is 0 Å². The van der Waals surface area contributed by atoms with Crippen molar-refractivity contribution in [1.82, 2.24) is 14.3 Å². The molecule has 7 heteroatoms. The third-order valence-corrected chi connectivity index (χ3v) is 3.97. The SMILES string of the molecule is CCn1cnc(S(=O)(=O)NCC(N)CC(C)(C)C)c1. The molecule has 0 amide bonds. The lowest BCUT2D eigenvalue weighted by molar-refractivity contribution is 0.338. The lowest BCUT2D eigenvalue weighted by Crippen LogP contribution is -2.39. The van der Waals surface area contributed by atoms with Gasteiger partial charge in [0.05, 0.1) is 6.33 Å². The van der Waals surface area contributed by atoms with Crippen LogP contribution in [0.1, 0.15) is 34.1 Å². The summed E-state index contributed by atoms with van der Waals surface area (Å²) in [7, 11) is -3.56. The van der Waals surface area contributed by atoms with Gasteiger partial charge in [-0.15, -0.1) is 0 Å². The summed E-state index contributed by atoms with van der Waals surface area (Å²) < 4.78 is 28.2. The highest BCUT2D eigenvalue weighted by Gasteiger charge is 2.20. The van der Waals surface area contributed by atoms with Gasteiger partial charge in [-0.2, -0.15) is 0 Å². The van der Waals surface area contributed by atoms with Crippen LogP contribution in [0.2, 0.25) is 0 Å². The molecule has 0 fully saturated rings. The van der Waals surface area contributed by atoms with Gasteiger partial charge in [-0.1, -0.05) is 20.8 Å². The molecule has 1 rings (SSSR count). The summed E-state index contributed by atoms with van der Waals surface area (Å²) in [6.45, 7) is 9.05. The van der Waals surface area contributed by atoms with Crippen LogP contribution in [-0.2, 0) is 16.6 Å². The van der Waals surface area contributed by atoms with Gasteiger partial charge in [0, 0.05) is 25.3 Å². The lowest BCUT2D eigenvalue weighted by Gasteiger charge is -2.23. The maximum atomic E-state index is 12.0. The van der Waals surface area contributed by atoms with Gasteiger partial charge >= 0.3 is 0 Å². The zero-order valence-corrected chi connectivity index (χ0v) is 12.9. The summed E-state index contributed by atoms with van der Waals surface area (Å²) in [6, 6.07) is -0.206. The molecule has 1 heterocycles. The summed E-state index contributed by atoms with van der Waals surface area (Å²) in [5.74, 6) is 0. The zero-order chi connectivity index (χ0) is 14.7. The molecule has 0 aliphatic rings. The molecule has 0 saturated heterocycles. The fraction of sp³-hybridized carbons (Fsp3) is 0.750. The molecule has 1 unspecified atom stereocenters. The quantitative estimate of drug-likeness (QED) is 0.815. The number of aryl methyl sites for hydroxylation is 1. The maximum Gasteiger partial charge on any atom is 0.259 e. The van der Waals surface area contributed by atoms with Crippen LogP contribution in [0.25, 0.3) is 0 Å². The molecule has 6 nitrogen and oxygen atoms in total. The second-order valence-electron chi connectivity index (χ2n) is 5.92. The average Bonchev–Trinajstić information content (AvgIpc) is 2.73. The van der Waals surface area contributed by atoms with Crippen LogP contribution in [0.15, 0.2) is 17.6 Å². The molecule has 0 saturated carbocycles. The van der Waals surface area contributed by atoms with Gasteiger partial charge in [0.1, 0.15) is 0 Å². The van der Waals surface area contributed by atoms with Crippen molar-refractivity contribution in [3.05, 3.63) is 12.5 Å². The van der Waals surface area contributed by atoms with Gasteiger partial charge in [-0.05, 0) is 18.8 Å². The minimum absolute atomic E-state index is 0.0392. The first-order valence-corrected chi connectivity index (χ1v) is 7.89. The van der Waals surface area contributed by atoms with Crippen LogP contribution in [0.3, 0.4) is 0 Å². The Morgan fingerprint density at radius 3 is 2.58 bits per heavy atom. The molecule has 0 spiro atoms. The number of rotatable bonds is 6. The van der Waals surface area contributed by atoms with Crippen molar-refractivity contribution in [2.24, 2.45) is 11.1 Å². The zero-order valence-electron chi connectivity index (χ0n) is 12.0. The van der Waals surface area contributed by atoms with Crippen molar-refractivity contribution in [2.75, 3.05) is 6.54 Å². The molecule has 1 atom stereocenters. The first-order valence-electron chi connectivity index (χ1n) is 6.41. The Balaban J connectivity index is 2.61. The Labute approximate surface area is 115 Å². The minimum Gasteiger partial charge on any atom is -0.336 e. The lowest BCUT2D eigenvalue weighted by atomic mass is 9.88. The smallest absolute Gasteiger partial charge is 0.259 e. The number of imidazole rings is 1. The summed E-state index contributed by atoms with van der Waals surface area (Å²) >= 11 is 0. The van der Waals surface area contributed by atoms with Crippen molar-refractivity contribution >= 4 is 10.0 Å². The van der Waals surface area contributed by atoms with Crippen LogP contribution >= 0.6 is 0 Å². The summed E-state index contributed by atoms with van der Waals surface area (Å²) in [5.41, 5.74) is 6.00. The normalized spacial score (nSPS) is 14.6. The highest BCUT2D eigenvalue weighted by molar-refractivity contribution is 7.89. The van der Waals surface area contributed by atoms with Crippen molar-refractivity contribution in [3.63, 3.8) is 0 Å². The van der Waals surface area contributed by atoms with Crippen molar-refractivity contribution in [1.29, 1.82) is 0 Å². The Bertz CT molecular complexity index is 502. The molecule has 1 aromatic rings. The van der Waals surface area contributed by atoms with E-state index < -0.39 is 10.0 Å². The van der Waals surface area contributed by atoms with E-state index in [1.807, 2.05) is 6.92 Å². The van der Waals surface area contributed by atoms with Crippen LogP contribution in [0, 0.1) is 5.41 Å². The van der Waals surface area contributed by atoms with E-state index in [1.54, 1.807) is 4.57 Å². The van der Waals surface area contributed by atoms with E-state index in [2.05, 4.69) is 30.5 Å². The second-order valence-corrected chi connectivity index (χ2v) is 7.63. The monoisotopic (exact) mass is 288 g/mol. The molecule has 0 aromatic carbocycles. The largest absolute Gasteiger partial charge is 0.336 e. The molecule has 0 aliphatic carbocycles. The van der Waals surface area contributed by atoms with E-state index in [9.17, 15) is 8.42 Å². The Morgan fingerprint density at radius 1 is 1.47 bits per heavy atom. The van der Waals surface area contributed by atoms with Crippen LogP contribution in [-0.4, -0.2) is 30.6 Å². The number of nitrogens with zero attached hydrogens (tertiary/aromatic N) is 2. The molecule has 110 valence electrons. The Hall–Kier alpha value is -0.920. The highest BCUT2D eigenvalue weighted by Crippen LogP contribution is 2.19. The predicted molar refractivity (Wildman–Crippen MR) is 75.1 cm³/mol. The standard InChI is InChI=1S/C12H24N4O2S/c1-5-16-8-11(14-9-16)19(17,18)15-7-10(13)6-12(2,3)4/h8-10,15H,5-7,13H2,1-4H3. The second kappa shape index (κ2) is 6.02. The summed E-state index contributed by atoms with van der Waals surface area (Å²) in [4.78, 5) is 3.88. The number of sulfonamides is 1. The number of aromatic nitrogens is 2. The van der Waals surface area contributed by atoms with Crippen LogP contribution in [0.4, 0.5) is 0 Å². The van der Waals surface area contributed by atoms with E-state index in [4.69, 9.17) is 5.73 Å². The van der Waals surface area contributed by atoms with E-state index in [1.165, 1.54) is 12.5 Å². The molecule has 19 heavy (non-hydrogen) atoms. The summed E-state index contributed by atoms with van der Waals surface area (Å²) in [6.07, 6.45) is 3.76. The highest BCUT2D eigenvalue weighted by atomic mass is 32.2. The third kappa shape index (κ3) is 5.30. The number of nitrogens with one attached hydrogen (secondary N) is 1. The van der Waals surface area contributed by atoms with Gasteiger partial charge in [0.15, 0.2) is 5.03 Å². The number of nitrogens with two attached hydrogens (primary N) is 1. The molecule has 0 radical (unpaired) electrons. The van der Waals surface area contributed by atoms with Gasteiger partial charge < -0.3 is 10.3 Å². The fourth-order valence-corrected chi connectivity index (χ4v) is 2.84. The molecular weight excluding hydrogens is 264 g/mol. The third-order valence-electron chi connectivity index (χ3n) is 2.66. The van der Waals surface area contributed by atoms with E-state index in [-0.39, 0.29) is 23.0 Å². The molecule has 3 N–H and O–H groups in total.